The highest BCUT2D eigenvalue weighted by Gasteiger charge is 2.49. The normalized spacial score (nSPS) is 25.2. The van der Waals surface area contributed by atoms with Crippen molar-refractivity contribution in [1.82, 2.24) is 9.88 Å². The Morgan fingerprint density at radius 1 is 1.24 bits per heavy atom. The fraction of sp³-hybridized carbons (Fsp3) is 0.389. The molecule has 0 spiro atoms. The van der Waals surface area contributed by atoms with E-state index in [2.05, 4.69) is 4.98 Å². The molecule has 1 N–H and O–H groups in total. The van der Waals surface area contributed by atoms with E-state index in [1.165, 1.54) is 16.2 Å². The molecule has 1 saturated carbocycles. The molecule has 0 radical (unpaired) electrons. The highest BCUT2D eigenvalue weighted by atomic mass is 35.5. The number of carboxylic acids is 1. The van der Waals surface area contributed by atoms with Crippen LogP contribution in [-0.2, 0) is 4.79 Å². The lowest BCUT2D eigenvalue weighted by molar-refractivity contribution is -0.142. The molecular formula is C18H17ClN2O3S. The second-order valence-electron chi connectivity index (χ2n) is 6.64. The van der Waals surface area contributed by atoms with Crippen molar-refractivity contribution in [3.05, 3.63) is 40.4 Å². The Bertz CT molecular complexity index is 820. The van der Waals surface area contributed by atoms with Crippen molar-refractivity contribution in [2.45, 2.75) is 25.3 Å². The monoisotopic (exact) mass is 376 g/mol. The summed E-state index contributed by atoms with van der Waals surface area (Å²) >= 11 is 7.28. The molecule has 1 aromatic heterocycles. The fourth-order valence-corrected chi connectivity index (χ4v) is 5.00. The van der Waals surface area contributed by atoms with Crippen LogP contribution in [0.4, 0.5) is 0 Å². The van der Waals surface area contributed by atoms with Crippen LogP contribution in [0.25, 0.3) is 10.6 Å². The van der Waals surface area contributed by atoms with Gasteiger partial charge in [-0.15, -0.1) is 11.3 Å². The number of halogens is 1. The van der Waals surface area contributed by atoms with Crippen molar-refractivity contribution < 1.29 is 14.7 Å². The number of rotatable bonds is 3. The first-order valence-electron chi connectivity index (χ1n) is 8.30. The lowest BCUT2D eigenvalue weighted by atomic mass is 9.94. The van der Waals surface area contributed by atoms with E-state index < -0.39 is 12.0 Å². The van der Waals surface area contributed by atoms with Crippen LogP contribution in [0.5, 0.6) is 0 Å². The average Bonchev–Trinajstić information content (AvgIpc) is 3.29. The Morgan fingerprint density at radius 3 is 2.72 bits per heavy atom. The van der Waals surface area contributed by atoms with Crippen molar-refractivity contribution in [3.8, 4) is 10.6 Å². The van der Waals surface area contributed by atoms with E-state index >= 15 is 0 Å². The predicted octanol–water partition coefficient (Wildman–Crippen LogP) is 3.79. The molecule has 1 saturated heterocycles. The maximum absolute atomic E-state index is 12.9. The van der Waals surface area contributed by atoms with Crippen LogP contribution >= 0.6 is 22.9 Å². The molecule has 1 amide bonds. The summed E-state index contributed by atoms with van der Waals surface area (Å²) in [7, 11) is 0. The summed E-state index contributed by atoms with van der Waals surface area (Å²) < 4.78 is 0. The second kappa shape index (κ2) is 6.42. The number of likely N-dealkylation sites (tertiary alicyclic amines) is 1. The summed E-state index contributed by atoms with van der Waals surface area (Å²) in [4.78, 5) is 30.5. The third-order valence-corrected chi connectivity index (χ3v) is 6.36. The van der Waals surface area contributed by atoms with Crippen LogP contribution in [0.1, 0.15) is 29.8 Å². The molecule has 2 aliphatic rings. The van der Waals surface area contributed by atoms with Crippen molar-refractivity contribution in [2.75, 3.05) is 6.54 Å². The zero-order chi connectivity index (χ0) is 17.6. The van der Waals surface area contributed by atoms with Crippen molar-refractivity contribution in [1.29, 1.82) is 0 Å². The number of aromatic nitrogens is 1. The summed E-state index contributed by atoms with van der Waals surface area (Å²) in [5, 5.41) is 12.7. The van der Waals surface area contributed by atoms with Gasteiger partial charge < -0.3 is 10.0 Å². The standard InChI is InChI=1S/C18H17ClN2O3S/c19-12-6-4-10(5-7-12)16-20-14(9-25-16)17(22)21-8-11-2-1-3-13(11)15(21)18(23)24/h4-7,9,11,13,15H,1-3,8H2,(H,23,24). The Kier molecular flexibility index (Phi) is 4.25. The first kappa shape index (κ1) is 16.5. The number of fused-ring (bicyclic) bond motifs is 1. The minimum atomic E-state index is -0.907. The van der Waals surface area contributed by atoms with Gasteiger partial charge in [0.25, 0.3) is 5.91 Å². The van der Waals surface area contributed by atoms with Crippen LogP contribution < -0.4 is 0 Å². The summed E-state index contributed by atoms with van der Waals surface area (Å²) in [5.74, 6) is -0.801. The molecule has 0 bridgehead atoms. The van der Waals surface area contributed by atoms with Gasteiger partial charge in [0.05, 0.1) is 0 Å². The fourth-order valence-electron chi connectivity index (χ4n) is 4.08. The van der Waals surface area contributed by atoms with E-state index in [1.807, 2.05) is 12.1 Å². The van der Waals surface area contributed by atoms with Gasteiger partial charge in [0.2, 0.25) is 0 Å². The number of carboxylic acid groups (broad SMARTS) is 1. The Hall–Kier alpha value is -1.92. The van der Waals surface area contributed by atoms with Crippen LogP contribution in [0.2, 0.25) is 5.02 Å². The molecule has 1 aliphatic carbocycles. The molecule has 2 fully saturated rings. The molecular weight excluding hydrogens is 360 g/mol. The molecule has 2 aromatic rings. The lowest BCUT2D eigenvalue weighted by Crippen LogP contribution is -2.43. The number of benzene rings is 1. The lowest BCUT2D eigenvalue weighted by Gasteiger charge is -2.23. The molecule has 7 heteroatoms. The van der Waals surface area contributed by atoms with Gasteiger partial charge in [-0.25, -0.2) is 9.78 Å². The molecule has 25 heavy (non-hydrogen) atoms. The van der Waals surface area contributed by atoms with E-state index in [9.17, 15) is 14.7 Å². The van der Waals surface area contributed by atoms with Crippen molar-refractivity contribution >= 4 is 34.8 Å². The van der Waals surface area contributed by atoms with E-state index in [-0.39, 0.29) is 11.8 Å². The molecule has 5 nitrogen and oxygen atoms in total. The number of thiazole rings is 1. The third kappa shape index (κ3) is 2.93. The van der Waals surface area contributed by atoms with Crippen molar-refractivity contribution in [2.24, 2.45) is 11.8 Å². The maximum Gasteiger partial charge on any atom is 0.326 e. The van der Waals surface area contributed by atoms with Crippen LogP contribution in [0, 0.1) is 11.8 Å². The topological polar surface area (TPSA) is 70.5 Å². The first-order chi connectivity index (χ1) is 12.0. The zero-order valence-corrected chi connectivity index (χ0v) is 15.0. The molecule has 3 atom stereocenters. The minimum absolute atomic E-state index is 0.0795. The second-order valence-corrected chi connectivity index (χ2v) is 7.93. The molecule has 4 rings (SSSR count). The maximum atomic E-state index is 12.9. The van der Waals surface area contributed by atoms with Gasteiger partial charge in [-0.3, -0.25) is 4.79 Å². The largest absolute Gasteiger partial charge is 0.480 e. The molecule has 1 aromatic carbocycles. The van der Waals surface area contributed by atoms with E-state index in [4.69, 9.17) is 11.6 Å². The van der Waals surface area contributed by atoms with Crippen LogP contribution in [0.3, 0.4) is 0 Å². The number of aliphatic carboxylic acids is 1. The average molecular weight is 377 g/mol. The van der Waals surface area contributed by atoms with Crippen LogP contribution in [-0.4, -0.2) is 39.5 Å². The molecule has 3 unspecified atom stereocenters. The highest BCUT2D eigenvalue weighted by molar-refractivity contribution is 7.13. The summed E-state index contributed by atoms with van der Waals surface area (Å²) in [5.41, 5.74) is 1.21. The first-order valence-corrected chi connectivity index (χ1v) is 9.55. The minimum Gasteiger partial charge on any atom is -0.480 e. The molecule has 1 aliphatic heterocycles. The smallest absolute Gasteiger partial charge is 0.326 e. The van der Waals surface area contributed by atoms with E-state index in [0.717, 1.165) is 29.8 Å². The van der Waals surface area contributed by atoms with Gasteiger partial charge in [-0.1, -0.05) is 30.2 Å². The van der Waals surface area contributed by atoms with E-state index in [1.54, 1.807) is 17.5 Å². The molecule has 130 valence electrons. The number of nitrogens with zero attached hydrogens (tertiary/aromatic N) is 2. The summed E-state index contributed by atoms with van der Waals surface area (Å²) in [6.07, 6.45) is 2.95. The predicted molar refractivity (Wildman–Crippen MR) is 95.9 cm³/mol. The third-order valence-electron chi connectivity index (χ3n) is 5.22. The number of carbonyl (C=O) groups excluding carboxylic acids is 1. The number of carbonyl (C=O) groups is 2. The van der Waals surface area contributed by atoms with E-state index in [0.29, 0.717) is 23.2 Å². The Balaban J connectivity index is 1.59. The highest BCUT2D eigenvalue weighted by Crippen LogP contribution is 2.42. The summed E-state index contributed by atoms with van der Waals surface area (Å²) in [6.45, 7) is 0.522. The van der Waals surface area contributed by atoms with Gasteiger partial charge in [-0.2, -0.15) is 0 Å². The SMILES string of the molecule is O=C(O)C1C2CCCC2CN1C(=O)c1csc(-c2ccc(Cl)cc2)n1. The number of amides is 1. The van der Waals surface area contributed by atoms with Gasteiger partial charge in [0.1, 0.15) is 16.7 Å². The quantitative estimate of drug-likeness (QED) is 0.884. The number of hydrogen-bond acceptors (Lipinski definition) is 4. The van der Waals surface area contributed by atoms with Crippen molar-refractivity contribution in [3.63, 3.8) is 0 Å². The number of hydrogen-bond donors (Lipinski definition) is 1. The molecule has 2 heterocycles. The van der Waals surface area contributed by atoms with Crippen LogP contribution in [0.15, 0.2) is 29.6 Å². The van der Waals surface area contributed by atoms with Gasteiger partial charge in [0, 0.05) is 22.5 Å². The van der Waals surface area contributed by atoms with Gasteiger partial charge in [0.15, 0.2) is 0 Å². The zero-order valence-electron chi connectivity index (χ0n) is 13.4. The van der Waals surface area contributed by atoms with Gasteiger partial charge >= 0.3 is 5.97 Å². The summed E-state index contributed by atoms with van der Waals surface area (Å²) in [6, 6.07) is 6.55. The Labute approximate surface area is 154 Å². The Morgan fingerprint density at radius 2 is 2.00 bits per heavy atom. The van der Waals surface area contributed by atoms with Gasteiger partial charge in [-0.05, 0) is 36.8 Å².